The predicted molar refractivity (Wildman–Crippen MR) is 233 cm³/mol. The van der Waals surface area contributed by atoms with E-state index < -0.39 is 17.8 Å². The van der Waals surface area contributed by atoms with Gasteiger partial charge in [-0.2, -0.15) is 0 Å². The number of amides is 3. The number of hydrogen-bond donors (Lipinski definition) is 2. The standard InChI is InChI=1S/C47H54FN9O5/c1-53-40-28-32(11-12-38(40)57(47(53)62)39-13-14-41(58)51-44(39)60)31-18-22-54(23-19-31)21-15-30-16-24-55(25-17-30)45(61)34-7-4-8-35(26-34)50-46-49-29-37(48)43(52-46)33-6-5-9-36(27-33)56-20-3-2-10-42(56)59/h2-3,5-6,9-12,20,27-31,34-35,39H,4,7-8,13-19,21-26H2,1H3,(H,49,50,52)(H,51,58,60). The molecule has 0 radical (unpaired) electrons. The Kier molecular flexibility index (Phi) is 11.9. The van der Waals surface area contributed by atoms with Crippen LogP contribution in [0, 0.1) is 17.7 Å². The summed E-state index contributed by atoms with van der Waals surface area (Å²) in [5, 5.41) is 5.78. The van der Waals surface area contributed by atoms with Gasteiger partial charge in [0, 0.05) is 62.0 Å². The molecule has 3 amide bonds. The maximum Gasteiger partial charge on any atom is 0.329 e. The number of fused-ring (bicyclic) bond motifs is 1. The molecule has 2 N–H and O–H groups in total. The van der Waals surface area contributed by atoms with E-state index in [4.69, 9.17) is 0 Å². The fourth-order valence-corrected chi connectivity index (χ4v) is 10.2. The molecule has 1 saturated carbocycles. The van der Waals surface area contributed by atoms with E-state index in [0.717, 1.165) is 95.1 Å². The van der Waals surface area contributed by atoms with Crippen LogP contribution in [0.5, 0.6) is 0 Å². The van der Waals surface area contributed by atoms with Crippen LogP contribution >= 0.6 is 0 Å². The van der Waals surface area contributed by atoms with Crippen LogP contribution in [0.1, 0.15) is 88.2 Å². The first-order chi connectivity index (χ1) is 30.1. The van der Waals surface area contributed by atoms with Crippen molar-refractivity contribution in [1.82, 2.24) is 38.8 Å². The minimum atomic E-state index is -0.687. The Morgan fingerprint density at radius 2 is 1.71 bits per heavy atom. The number of likely N-dealkylation sites (tertiary alicyclic amines) is 2. The van der Waals surface area contributed by atoms with Crippen molar-refractivity contribution in [1.29, 1.82) is 0 Å². The summed E-state index contributed by atoms with van der Waals surface area (Å²) in [6.07, 6.45) is 11.9. The highest BCUT2D eigenvalue weighted by molar-refractivity contribution is 6.00. The van der Waals surface area contributed by atoms with E-state index >= 15 is 4.39 Å². The Labute approximate surface area is 359 Å². The number of rotatable bonds is 10. The van der Waals surface area contributed by atoms with Crippen LogP contribution in [-0.2, 0) is 21.4 Å². The largest absolute Gasteiger partial charge is 0.351 e. The highest BCUT2D eigenvalue weighted by atomic mass is 19.1. The molecular weight excluding hydrogens is 790 g/mol. The van der Waals surface area contributed by atoms with Crippen molar-refractivity contribution < 1.29 is 18.8 Å². The van der Waals surface area contributed by atoms with Gasteiger partial charge in [0.2, 0.25) is 23.7 Å². The predicted octanol–water partition coefficient (Wildman–Crippen LogP) is 5.54. The number of aryl methyl sites for hydroxylation is 1. The number of nitrogens with one attached hydrogen (secondary N) is 2. The Morgan fingerprint density at radius 1 is 0.887 bits per heavy atom. The van der Waals surface area contributed by atoms with Crippen LogP contribution in [0.25, 0.3) is 28.0 Å². The van der Waals surface area contributed by atoms with Gasteiger partial charge in [-0.1, -0.05) is 30.7 Å². The lowest BCUT2D eigenvalue weighted by Gasteiger charge is -2.38. The number of piperidine rings is 3. The Balaban J connectivity index is 0.734. The number of anilines is 1. The van der Waals surface area contributed by atoms with Crippen LogP contribution in [-0.4, -0.2) is 90.0 Å². The summed E-state index contributed by atoms with van der Waals surface area (Å²) in [5.74, 6) is 0.191. The van der Waals surface area contributed by atoms with Gasteiger partial charge in [-0.3, -0.25) is 38.2 Å². The van der Waals surface area contributed by atoms with E-state index in [1.165, 1.54) is 27.0 Å². The molecule has 3 atom stereocenters. The van der Waals surface area contributed by atoms with E-state index in [-0.39, 0.29) is 47.1 Å². The van der Waals surface area contributed by atoms with Crippen molar-refractivity contribution in [3.8, 4) is 16.9 Å². The third-order valence-corrected chi connectivity index (χ3v) is 13.8. The maximum absolute atomic E-state index is 15.1. The molecule has 15 heteroatoms. The molecule has 3 unspecified atom stereocenters. The normalized spacial score (nSPS) is 21.9. The smallest absolute Gasteiger partial charge is 0.329 e. The summed E-state index contributed by atoms with van der Waals surface area (Å²) in [6, 6.07) is 17.5. The van der Waals surface area contributed by atoms with Gasteiger partial charge in [0.1, 0.15) is 11.7 Å². The summed E-state index contributed by atoms with van der Waals surface area (Å²) in [6.45, 7) is 4.65. The van der Waals surface area contributed by atoms with E-state index in [1.807, 2.05) is 6.07 Å². The Morgan fingerprint density at radius 3 is 2.50 bits per heavy atom. The fraction of sp³-hybridized carbons (Fsp3) is 0.468. The van der Waals surface area contributed by atoms with E-state index in [9.17, 15) is 24.0 Å². The molecule has 9 rings (SSSR count). The number of nitrogens with zero attached hydrogens (tertiary/aromatic N) is 7. The lowest BCUT2D eigenvalue weighted by molar-refractivity contribution is -0.138. The number of pyridine rings is 1. The highest BCUT2D eigenvalue weighted by Gasteiger charge is 2.34. The number of imidazole rings is 1. The molecule has 5 aromatic rings. The van der Waals surface area contributed by atoms with Crippen molar-refractivity contribution >= 4 is 34.7 Å². The van der Waals surface area contributed by atoms with Gasteiger partial charge >= 0.3 is 5.69 Å². The Hall–Kier alpha value is -5.96. The average Bonchev–Trinajstić information content (AvgIpc) is 3.54. The molecular formula is C47H54FN9O5. The van der Waals surface area contributed by atoms with E-state index in [2.05, 4.69) is 42.5 Å². The van der Waals surface area contributed by atoms with Crippen molar-refractivity contribution in [2.75, 3.05) is 38.0 Å². The molecule has 2 aromatic carbocycles. The summed E-state index contributed by atoms with van der Waals surface area (Å²) < 4.78 is 19.7. The molecule has 3 saturated heterocycles. The molecule has 4 aliphatic rings. The first kappa shape index (κ1) is 41.4. The van der Waals surface area contributed by atoms with Crippen LogP contribution in [0.15, 0.2) is 82.6 Å². The molecule has 62 heavy (non-hydrogen) atoms. The van der Waals surface area contributed by atoms with E-state index in [1.54, 1.807) is 54.2 Å². The van der Waals surface area contributed by atoms with Crippen LogP contribution in [0.4, 0.5) is 10.3 Å². The van der Waals surface area contributed by atoms with Crippen molar-refractivity contribution in [3.05, 3.63) is 105 Å². The van der Waals surface area contributed by atoms with Crippen LogP contribution in [0.2, 0.25) is 0 Å². The summed E-state index contributed by atoms with van der Waals surface area (Å²) in [7, 11) is 1.74. The minimum Gasteiger partial charge on any atom is -0.351 e. The van der Waals surface area contributed by atoms with Crippen molar-refractivity contribution in [2.45, 2.75) is 88.6 Å². The summed E-state index contributed by atoms with van der Waals surface area (Å²) in [5.41, 5.74) is 3.61. The highest BCUT2D eigenvalue weighted by Crippen LogP contribution is 2.34. The molecule has 1 aliphatic carbocycles. The number of halogens is 1. The molecule has 14 nitrogen and oxygen atoms in total. The topological polar surface area (TPSA) is 156 Å². The summed E-state index contributed by atoms with van der Waals surface area (Å²) >= 11 is 0. The van der Waals surface area contributed by atoms with Crippen LogP contribution in [0.3, 0.4) is 0 Å². The second-order valence-electron chi connectivity index (χ2n) is 17.7. The monoisotopic (exact) mass is 843 g/mol. The third kappa shape index (κ3) is 8.59. The number of imide groups is 1. The molecule has 6 heterocycles. The van der Waals surface area contributed by atoms with Crippen molar-refractivity contribution in [2.24, 2.45) is 18.9 Å². The second kappa shape index (κ2) is 17.8. The minimum absolute atomic E-state index is 0.00416. The van der Waals surface area contributed by atoms with Gasteiger partial charge in [-0.15, -0.1) is 0 Å². The molecule has 324 valence electrons. The second-order valence-corrected chi connectivity index (χ2v) is 17.7. The first-order valence-electron chi connectivity index (χ1n) is 22.2. The third-order valence-electron chi connectivity index (χ3n) is 13.8. The van der Waals surface area contributed by atoms with Gasteiger partial charge in [0.15, 0.2) is 5.82 Å². The molecule has 3 aliphatic heterocycles. The lowest BCUT2D eigenvalue weighted by atomic mass is 9.84. The SMILES string of the molecule is Cn1c(=O)n(C2CCC(=O)NC2=O)c2ccc(C3CCN(CCC4CCN(C(=O)C5CCCC(Nc6ncc(F)c(-c7cccc(-n8ccccc8=O)c7)n6)C5)CC4)CC3)cc21. The number of aromatic nitrogens is 5. The number of carbonyl (C=O) groups is 3. The zero-order valence-electron chi connectivity index (χ0n) is 35.2. The van der Waals surface area contributed by atoms with E-state index in [0.29, 0.717) is 41.9 Å². The van der Waals surface area contributed by atoms with Gasteiger partial charge in [-0.05, 0) is 125 Å². The van der Waals surface area contributed by atoms with Gasteiger partial charge in [0.25, 0.3) is 5.56 Å². The van der Waals surface area contributed by atoms with Gasteiger partial charge < -0.3 is 15.1 Å². The molecule has 4 fully saturated rings. The average molecular weight is 844 g/mol. The number of hydrogen-bond acceptors (Lipinski definition) is 9. The van der Waals surface area contributed by atoms with Gasteiger partial charge in [0.05, 0.1) is 17.2 Å². The lowest BCUT2D eigenvalue weighted by Crippen LogP contribution is -2.44. The number of carbonyl (C=O) groups excluding carboxylic acids is 3. The number of benzene rings is 2. The first-order valence-corrected chi connectivity index (χ1v) is 22.2. The molecule has 0 bridgehead atoms. The zero-order valence-corrected chi connectivity index (χ0v) is 35.2. The van der Waals surface area contributed by atoms with Crippen LogP contribution < -0.4 is 21.9 Å². The molecule has 0 spiro atoms. The summed E-state index contributed by atoms with van der Waals surface area (Å²) in [4.78, 5) is 77.2. The Bertz CT molecular complexity index is 2600. The molecule has 3 aromatic heterocycles. The zero-order chi connectivity index (χ0) is 42.9. The van der Waals surface area contributed by atoms with Gasteiger partial charge in [-0.25, -0.2) is 19.2 Å². The maximum atomic E-state index is 15.1. The van der Waals surface area contributed by atoms with Crippen molar-refractivity contribution in [3.63, 3.8) is 0 Å². The fourth-order valence-electron chi connectivity index (χ4n) is 10.2. The quantitative estimate of drug-likeness (QED) is 0.172.